The number of anilines is 1. The average molecular weight is 324 g/mol. The molecule has 0 aliphatic carbocycles. The lowest BCUT2D eigenvalue weighted by Crippen LogP contribution is -2.52. The summed E-state index contributed by atoms with van der Waals surface area (Å²) in [6.45, 7) is 2.90. The molecule has 0 radical (unpaired) electrons. The highest BCUT2D eigenvalue weighted by molar-refractivity contribution is 9.10. The molecule has 0 aromatic heterocycles. The zero-order valence-electron chi connectivity index (χ0n) is 10.3. The number of piperazine rings is 1. The number of benzene rings is 1. The van der Waals surface area contributed by atoms with Gasteiger partial charge in [-0.15, -0.1) is 0 Å². The minimum absolute atomic E-state index is 0.0241. The number of fused-ring (bicyclic) bond motifs is 1. The van der Waals surface area contributed by atoms with Crippen molar-refractivity contribution in [2.24, 2.45) is 0 Å². The van der Waals surface area contributed by atoms with Crippen molar-refractivity contribution in [2.75, 3.05) is 31.1 Å². The number of hydrogen-bond acceptors (Lipinski definition) is 3. The van der Waals surface area contributed by atoms with Crippen LogP contribution in [0.4, 0.5) is 10.5 Å². The highest BCUT2D eigenvalue weighted by Crippen LogP contribution is 2.26. The largest absolute Gasteiger partial charge is 0.367 e. The first-order chi connectivity index (χ1) is 9.19. The Morgan fingerprint density at radius 3 is 3.00 bits per heavy atom. The monoisotopic (exact) mass is 323 g/mol. The number of rotatable bonds is 2. The lowest BCUT2D eigenvalue weighted by atomic mass is 10.1. The van der Waals surface area contributed by atoms with E-state index in [1.165, 1.54) is 0 Å². The van der Waals surface area contributed by atoms with Gasteiger partial charge in [0.15, 0.2) is 6.29 Å². The molecule has 1 atom stereocenters. The van der Waals surface area contributed by atoms with Crippen molar-refractivity contribution in [1.29, 1.82) is 0 Å². The van der Waals surface area contributed by atoms with Gasteiger partial charge in [-0.1, -0.05) is 15.9 Å². The van der Waals surface area contributed by atoms with Gasteiger partial charge in [0.1, 0.15) is 0 Å². The fraction of sp³-hybridized carbons (Fsp3) is 0.385. The van der Waals surface area contributed by atoms with E-state index in [1.807, 2.05) is 23.1 Å². The van der Waals surface area contributed by atoms with Gasteiger partial charge in [-0.05, 0) is 18.2 Å². The molecule has 19 heavy (non-hydrogen) atoms. The Balaban J connectivity index is 1.84. The first kappa shape index (κ1) is 12.5. The van der Waals surface area contributed by atoms with Gasteiger partial charge in [-0.2, -0.15) is 0 Å². The summed E-state index contributed by atoms with van der Waals surface area (Å²) in [6, 6.07) is 5.94. The van der Waals surface area contributed by atoms with E-state index in [-0.39, 0.29) is 12.1 Å². The van der Waals surface area contributed by atoms with E-state index in [9.17, 15) is 9.59 Å². The predicted molar refractivity (Wildman–Crippen MR) is 75.6 cm³/mol. The van der Waals surface area contributed by atoms with Crippen LogP contribution in [0.25, 0.3) is 0 Å². The van der Waals surface area contributed by atoms with Crippen LogP contribution in [0.15, 0.2) is 22.7 Å². The summed E-state index contributed by atoms with van der Waals surface area (Å²) in [7, 11) is 0. The number of carbonyl (C=O) groups is 2. The maximum Gasteiger partial charge on any atom is 0.317 e. The number of carbonyl (C=O) groups excluding carboxylic acids is 2. The molecular weight excluding hydrogens is 310 g/mol. The van der Waals surface area contributed by atoms with E-state index in [4.69, 9.17) is 0 Å². The SMILES string of the molecule is O=Cc1cc(Br)ccc1N1CCN2C(=O)NCC2C1. The lowest BCUT2D eigenvalue weighted by Gasteiger charge is -2.38. The molecule has 1 unspecified atom stereocenters. The van der Waals surface area contributed by atoms with Crippen LogP contribution in [0.3, 0.4) is 0 Å². The summed E-state index contributed by atoms with van der Waals surface area (Å²) in [4.78, 5) is 26.8. The van der Waals surface area contributed by atoms with E-state index in [2.05, 4.69) is 26.1 Å². The molecule has 3 rings (SSSR count). The number of nitrogens with one attached hydrogen (secondary N) is 1. The summed E-state index contributed by atoms with van der Waals surface area (Å²) in [5, 5.41) is 2.85. The van der Waals surface area contributed by atoms with Crippen molar-refractivity contribution in [1.82, 2.24) is 10.2 Å². The maximum absolute atomic E-state index is 11.6. The predicted octanol–water partition coefficient (Wildman–Crippen LogP) is 1.48. The van der Waals surface area contributed by atoms with Gasteiger partial charge in [0.05, 0.1) is 6.04 Å². The molecule has 6 heteroatoms. The van der Waals surface area contributed by atoms with Gasteiger partial charge in [-0.3, -0.25) is 4.79 Å². The number of halogens is 1. The summed E-state index contributed by atoms with van der Waals surface area (Å²) >= 11 is 3.37. The second-order valence-corrected chi connectivity index (χ2v) is 5.72. The van der Waals surface area contributed by atoms with Gasteiger partial charge >= 0.3 is 6.03 Å². The molecule has 2 heterocycles. The quantitative estimate of drug-likeness (QED) is 0.839. The average Bonchev–Trinajstić information content (AvgIpc) is 2.79. The molecule has 5 nitrogen and oxygen atoms in total. The van der Waals surface area contributed by atoms with Crippen LogP contribution in [0.5, 0.6) is 0 Å². The second kappa shape index (κ2) is 4.85. The third kappa shape index (κ3) is 2.20. The van der Waals surface area contributed by atoms with Crippen LogP contribution >= 0.6 is 15.9 Å². The maximum atomic E-state index is 11.6. The van der Waals surface area contributed by atoms with Crippen LogP contribution < -0.4 is 10.2 Å². The molecule has 2 saturated heterocycles. The number of nitrogens with zero attached hydrogens (tertiary/aromatic N) is 2. The summed E-state index contributed by atoms with van der Waals surface area (Å²) in [5.41, 5.74) is 1.62. The first-order valence-corrected chi connectivity index (χ1v) is 7.02. The zero-order valence-corrected chi connectivity index (χ0v) is 11.9. The zero-order chi connectivity index (χ0) is 13.4. The van der Waals surface area contributed by atoms with Gasteiger partial charge in [0.2, 0.25) is 0 Å². The number of urea groups is 1. The fourth-order valence-corrected chi connectivity index (χ4v) is 3.11. The van der Waals surface area contributed by atoms with Crippen LogP contribution in [0.2, 0.25) is 0 Å². The molecule has 0 saturated carbocycles. The number of amides is 2. The minimum Gasteiger partial charge on any atom is -0.367 e. The van der Waals surface area contributed by atoms with Gasteiger partial charge in [0, 0.05) is 41.9 Å². The van der Waals surface area contributed by atoms with Gasteiger partial charge < -0.3 is 15.1 Å². The minimum atomic E-state index is 0.0241. The number of hydrogen-bond donors (Lipinski definition) is 1. The summed E-state index contributed by atoms with van der Waals surface area (Å²) in [5.74, 6) is 0. The Bertz CT molecular complexity index is 535. The van der Waals surface area contributed by atoms with Crippen molar-refractivity contribution >= 4 is 33.9 Å². The molecule has 100 valence electrons. The van der Waals surface area contributed by atoms with Crippen molar-refractivity contribution in [3.63, 3.8) is 0 Å². The summed E-state index contributed by atoms with van der Waals surface area (Å²) in [6.07, 6.45) is 0.879. The molecule has 1 aromatic rings. The molecule has 2 aliphatic rings. The molecule has 2 amide bonds. The van der Waals surface area contributed by atoms with E-state index in [1.54, 1.807) is 0 Å². The topological polar surface area (TPSA) is 52.7 Å². The smallest absolute Gasteiger partial charge is 0.317 e. The highest BCUT2D eigenvalue weighted by atomic mass is 79.9. The van der Waals surface area contributed by atoms with E-state index in [0.717, 1.165) is 29.5 Å². The molecule has 2 fully saturated rings. The second-order valence-electron chi connectivity index (χ2n) is 4.80. The van der Waals surface area contributed by atoms with E-state index < -0.39 is 0 Å². The Morgan fingerprint density at radius 2 is 2.21 bits per heavy atom. The van der Waals surface area contributed by atoms with Crippen LogP contribution in [-0.2, 0) is 0 Å². The Kier molecular flexibility index (Phi) is 3.18. The molecular formula is C13H14BrN3O2. The standard InChI is InChI=1S/C13H14BrN3O2/c14-10-1-2-12(9(5-10)8-18)16-3-4-17-11(7-16)6-15-13(17)19/h1-2,5,8,11H,3-4,6-7H2,(H,15,19). The third-order valence-corrected chi connectivity index (χ3v) is 4.18. The van der Waals surface area contributed by atoms with Crippen molar-refractivity contribution in [2.45, 2.75) is 6.04 Å². The van der Waals surface area contributed by atoms with Crippen molar-refractivity contribution in [3.05, 3.63) is 28.2 Å². The first-order valence-electron chi connectivity index (χ1n) is 6.23. The third-order valence-electron chi connectivity index (χ3n) is 3.69. The van der Waals surface area contributed by atoms with Crippen LogP contribution in [0, 0.1) is 0 Å². The van der Waals surface area contributed by atoms with E-state index in [0.29, 0.717) is 18.7 Å². The van der Waals surface area contributed by atoms with E-state index >= 15 is 0 Å². The molecule has 2 aliphatic heterocycles. The van der Waals surface area contributed by atoms with Crippen LogP contribution in [-0.4, -0.2) is 49.4 Å². The molecule has 0 spiro atoms. The lowest BCUT2D eigenvalue weighted by molar-refractivity contribution is 0.112. The molecule has 1 aromatic carbocycles. The number of aldehydes is 1. The van der Waals surface area contributed by atoms with Gasteiger partial charge in [-0.25, -0.2) is 4.79 Å². The molecule has 0 bridgehead atoms. The van der Waals surface area contributed by atoms with Crippen molar-refractivity contribution in [3.8, 4) is 0 Å². The normalized spacial score (nSPS) is 22.2. The van der Waals surface area contributed by atoms with Crippen molar-refractivity contribution < 1.29 is 9.59 Å². The summed E-state index contributed by atoms with van der Waals surface area (Å²) < 4.78 is 0.898. The highest BCUT2D eigenvalue weighted by Gasteiger charge is 2.35. The Morgan fingerprint density at radius 1 is 1.37 bits per heavy atom. The van der Waals surface area contributed by atoms with Crippen LogP contribution in [0.1, 0.15) is 10.4 Å². The van der Waals surface area contributed by atoms with Gasteiger partial charge in [0.25, 0.3) is 0 Å². The fourth-order valence-electron chi connectivity index (χ4n) is 2.73. The molecule has 1 N–H and O–H groups in total. The Hall–Kier alpha value is -1.56. The Labute approximate surface area is 119 Å².